The number of hydrogen-bond donors (Lipinski definition) is 3. The Morgan fingerprint density at radius 1 is 1.27 bits per heavy atom. The number of hydrogen-bond acceptors (Lipinski definition) is 7. The van der Waals surface area contributed by atoms with Gasteiger partial charge >= 0.3 is 0 Å². The Kier molecular flexibility index (Phi) is 4.68. The van der Waals surface area contributed by atoms with E-state index in [0.29, 0.717) is 6.54 Å². The summed E-state index contributed by atoms with van der Waals surface area (Å²) in [6.45, 7) is 2.09. The maximum atomic E-state index is 10.1. The Morgan fingerprint density at radius 3 is 3.08 bits per heavy atom. The van der Waals surface area contributed by atoms with Crippen LogP contribution in [0.2, 0.25) is 0 Å². The topological polar surface area (TPSA) is 90.6 Å². The molecule has 3 aromatic heterocycles. The van der Waals surface area contributed by atoms with Crippen molar-refractivity contribution in [3.63, 3.8) is 0 Å². The largest absolute Gasteiger partial charge is 0.391 e. The quantitative estimate of drug-likeness (QED) is 0.606. The van der Waals surface area contributed by atoms with Crippen LogP contribution in [0.5, 0.6) is 0 Å². The van der Waals surface area contributed by atoms with Gasteiger partial charge in [0.25, 0.3) is 0 Å². The zero-order valence-corrected chi connectivity index (χ0v) is 14.7. The number of nitrogens with one attached hydrogen (secondary N) is 2. The van der Waals surface area contributed by atoms with E-state index in [2.05, 4.69) is 41.0 Å². The molecule has 0 spiro atoms. The average Bonchev–Trinajstić information content (AvgIpc) is 3.29. The Morgan fingerprint density at radius 2 is 2.19 bits per heavy atom. The smallest absolute Gasteiger partial charge is 0.136 e. The van der Waals surface area contributed by atoms with Gasteiger partial charge in [-0.2, -0.15) is 0 Å². The minimum atomic E-state index is -0.341. The number of rotatable bonds is 6. The van der Waals surface area contributed by atoms with E-state index in [9.17, 15) is 5.11 Å². The first-order valence-electron chi connectivity index (χ1n) is 8.81. The van der Waals surface area contributed by atoms with Gasteiger partial charge in [-0.25, -0.2) is 15.0 Å². The van der Waals surface area contributed by atoms with Crippen molar-refractivity contribution in [1.82, 2.24) is 24.7 Å². The molecular formula is C18H23N7O. The average molecular weight is 353 g/mol. The lowest BCUT2D eigenvalue weighted by Crippen LogP contribution is -2.38. The summed E-state index contributed by atoms with van der Waals surface area (Å²) in [4.78, 5) is 15.0. The van der Waals surface area contributed by atoms with Crippen LogP contribution < -0.4 is 15.5 Å². The number of aromatic nitrogens is 4. The molecule has 0 unspecified atom stereocenters. The van der Waals surface area contributed by atoms with Crippen LogP contribution in [0.25, 0.3) is 5.65 Å². The maximum absolute atomic E-state index is 10.1. The van der Waals surface area contributed by atoms with Gasteiger partial charge in [-0.05, 0) is 18.6 Å². The van der Waals surface area contributed by atoms with Gasteiger partial charge in [-0.3, -0.25) is 0 Å². The van der Waals surface area contributed by atoms with Gasteiger partial charge in [-0.15, -0.1) is 0 Å². The number of β-amino-alcohol motifs (C(OH)–C–C–N with tert-alkyl or cyclic N) is 1. The minimum absolute atomic E-state index is 0.187. The third-order valence-electron chi connectivity index (χ3n) is 4.79. The molecule has 3 N–H and O–H groups in total. The van der Waals surface area contributed by atoms with Gasteiger partial charge in [0.1, 0.15) is 23.6 Å². The van der Waals surface area contributed by atoms with Crippen molar-refractivity contribution in [2.75, 3.05) is 30.4 Å². The van der Waals surface area contributed by atoms with Crippen LogP contribution in [-0.2, 0) is 6.54 Å². The van der Waals surface area contributed by atoms with Crippen LogP contribution in [0.3, 0.4) is 0 Å². The summed E-state index contributed by atoms with van der Waals surface area (Å²) < 4.78 is 2.08. The molecule has 1 aliphatic heterocycles. The van der Waals surface area contributed by atoms with E-state index in [-0.39, 0.29) is 12.1 Å². The van der Waals surface area contributed by atoms with Gasteiger partial charge in [0.05, 0.1) is 6.10 Å². The van der Waals surface area contributed by atoms with E-state index < -0.39 is 0 Å². The van der Waals surface area contributed by atoms with Gasteiger partial charge in [0.2, 0.25) is 0 Å². The molecule has 1 fully saturated rings. The van der Waals surface area contributed by atoms with E-state index in [4.69, 9.17) is 0 Å². The molecular weight excluding hydrogens is 330 g/mol. The molecule has 0 aromatic carbocycles. The molecule has 1 aliphatic rings. The van der Waals surface area contributed by atoms with E-state index in [0.717, 1.165) is 42.5 Å². The fraction of sp³-hybridized carbons (Fsp3) is 0.389. The number of imidazole rings is 1. The third-order valence-corrected chi connectivity index (χ3v) is 4.79. The number of aliphatic hydroxyl groups excluding tert-OH is 1. The molecule has 8 nitrogen and oxygen atoms in total. The van der Waals surface area contributed by atoms with E-state index in [1.807, 2.05) is 37.6 Å². The van der Waals surface area contributed by atoms with Crippen LogP contribution in [0.4, 0.5) is 11.6 Å². The molecule has 8 heteroatoms. The summed E-state index contributed by atoms with van der Waals surface area (Å²) in [5.74, 6) is 1.61. The van der Waals surface area contributed by atoms with Crippen molar-refractivity contribution in [3.05, 3.63) is 48.7 Å². The molecule has 1 saturated heterocycles. The van der Waals surface area contributed by atoms with Crippen molar-refractivity contribution >= 4 is 17.3 Å². The number of pyridine rings is 1. The first kappa shape index (κ1) is 16.7. The van der Waals surface area contributed by atoms with Crippen LogP contribution in [0.15, 0.2) is 43.0 Å². The molecule has 4 rings (SSSR count). The second-order valence-corrected chi connectivity index (χ2v) is 6.51. The molecule has 4 heterocycles. The van der Waals surface area contributed by atoms with Crippen molar-refractivity contribution in [2.45, 2.75) is 25.1 Å². The number of aliphatic hydroxyl groups is 1. The molecule has 0 amide bonds. The Balaban J connectivity index is 1.43. The second kappa shape index (κ2) is 7.27. The van der Waals surface area contributed by atoms with E-state index >= 15 is 0 Å². The van der Waals surface area contributed by atoms with Gasteiger partial charge < -0.3 is 25.0 Å². The summed E-state index contributed by atoms with van der Waals surface area (Å²) >= 11 is 0. The van der Waals surface area contributed by atoms with Crippen molar-refractivity contribution in [3.8, 4) is 0 Å². The Bertz CT molecular complexity index is 881. The number of fused-ring (bicyclic) bond motifs is 1. The molecule has 0 saturated carbocycles. The molecule has 2 atom stereocenters. The predicted octanol–water partition coefficient (Wildman–Crippen LogP) is 0.895. The molecule has 0 aliphatic carbocycles. The highest BCUT2D eigenvalue weighted by atomic mass is 16.3. The zero-order valence-electron chi connectivity index (χ0n) is 14.7. The predicted molar refractivity (Wildman–Crippen MR) is 100 cm³/mol. The van der Waals surface area contributed by atoms with Gasteiger partial charge in [0.15, 0.2) is 0 Å². The monoisotopic (exact) mass is 353 g/mol. The fourth-order valence-electron chi connectivity index (χ4n) is 3.52. The SMILES string of the molecule is CNc1cc(N2C[C@H](O)C[C@@H]2CNCc2cccc3nccn23)ncn1. The third kappa shape index (κ3) is 3.33. The number of anilines is 2. The highest BCUT2D eigenvalue weighted by Gasteiger charge is 2.31. The van der Waals surface area contributed by atoms with E-state index in [1.165, 1.54) is 0 Å². The summed E-state index contributed by atoms with van der Waals surface area (Å²) in [6.07, 6.45) is 5.71. The van der Waals surface area contributed by atoms with Crippen molar-refractivity contribution in [2.24, 2.45) is 0 Å². The standard InChI is InChI=1S/C18H23N7O/c1-19-16-8-18(23-12-22-16)25-11-15(26)7-14(25)10-20-9-13-3-2-4-17-21-5-6-24(13)17/h2-6,8,12,14-15,20,26H,7,9-11H2,1H3,(H,19,22,23)/t14-,15-/m1/s1. The van der Waals surface area contributed by atoms with Crippen LogP contribution in [0, 0.1) is 0 Å². The summed E-state index contributed by atoms with van der Waals surface area (Å²) in [5.41, 5.74) is 2.10. The Labute approximate surface area is 151 Å². The van der Waals surface area contributed by atoms with Crippen LogP contribution >= 0.6 is 0 Å². The van der Waals surface area contributed by atoms with Crippen LogP contribution in [-0.4, -0.2) is 56.7 Å². The summed E-state index contributed by atoms with van der Waals surface area (Å²) in [5, 5.41) is 16.7. The van der Waals surface area contributed by atoms with Gasteiger partial charge in [0, 0.05) is 56.9 Å². The lowest BCUT2D eigenvalue weighted by molar-refractivity contribution is 0.194. The maximum Gasteiger partial charge on any atom is 0.136 e. The molecule has 0 bridgehead atoms. The molecule has 0 radical (unpaired) electrons. The normalized spacial score (nSPS) is 20.0. The van der Waals surface area contributed by atoms with Crippen molar-refractivity contribution < 1.29 is 5.11 Å². The van der Waals surface area contributed by atoms with Gasteiger partial charge in [-0.1, -0.05) is 6.07 Å². The lowest BCUT2D eigenvalue weighted by atomic mass is 10.2. The summed E-state index contributed by atoms with van der Waals surface area (Å²) in [6, 6.07) is 8.20. The minimum Gasteiger partial charge on any atom is -0.391 e. The zero-order chi connectivity index (χ0) is 17.9. The highest BCUT2D eigenvalue weighted by Crippen LogP contribution is 2.25. The molecule has 26 heavy (non-hydrogen) atoms. The summed E-state index contributed by atoms with van der Waals surface area (Å²) in [7, 11) is 1.83. The Hall–Kier alpha value is -2.71. The second-order valence-electron chi connectivity index (χ2n) is 6.51. The molecule has 3 aromatic rings. The fourth-order valence-corrected chi connectivity index (χ4v) is 3.52. The lowest BCUT2D eigenvalue weighted by Gasteiger charge is -2.26. The highest BCUT2D eigenvalue weighted by molar-refractivity contribution is 5.50. The van der Waals surface area contributed by atoms with Crippen molar-refractivity contribution in [1.29, 1.82) is 0 Å². The van der Waals surface area contributed by atoms with Crippen LogP contribution in [0.1, 0.15) is 12.1 Å². The first-order valence-corrected chi connectivity index (χ1v) is 8.81. The van der Waals surface area contributed by atoms with E-state index in [1.54, 1.807) is 6.33 Å². The number of nitrogens with zero attached hydrogens (tertiary/aromatic N) is 5. The first-order chi connectivity index (χ1) is 12.7. The molecule has 136 valence electrons.